The van der Waals surface area contributed by atoms with Crippen molar-refractivity contribution in [3.8, 4) is 0 Å². The molecule has 0 bridgehead atoms. The van der Waals surface area contributed by atoms with Gasteiger partial charge >= 0.3 is 6.03 Å². The van der Waals surface area contributed by atoms with Gasteiger partial charge in [-0.2, -0.15) is 0 Å². The van der Waals surface area contributed by atoms with Crippen LogP contribution in [-0.2, 0) is 0 Å². The fourth-order valence-electron chi connectivity index (χ4n) is 2.90. The molecule has 1 saturated heterocycles. The molecule has 2 heterocycles. The molecule has 0 spiro atoms. The second-order valence-electron chi connectivity index (χ2n) is 6.28. The molecule has 2 aromatic rings. The summed E-state index contributed by atoms with van der Waals surface area (Å²) in [4.78, 5) is 26.3. The van der Waals surface area contributed by atoms with E-state index in [1.807, 2.05) is 42.2 Å². The molecule has 1 aromatic carbocycles. The van der Waals surface area contributed by atoms with Crippen molar-refractivity contribution in [2.75, 3.05) is 25.0 Å². The molecule has 1 aliphatic heterocycles. The molecule has 7 nitrogen and oxygen atoms in total. The van der Waals surface area contributed by atoms with Crippen LogP contribution in [0.15, 0.2) is 30.3 Å². The van der Waals surface area contributed by atoms with E-state index in [2.05, 4.69) is 20.8 Å². The largest absolute Gasteiger partial charge is 0.338 e. The number of nitrogens with zero attached hydrogens (tertiary/aromatic N) is 3. The Hall–Kier alpha value is -2.48. The van der Waals surface area contributed by atoms with E-state index in [1.165, 1.54) is 11.3 Å². The Morgan fingerprint density at radius 2 is 2.08 bits per heavy atom. The van der Waals surface area contributed by atoms with Crippen LogP contribution in [0.3, 0.4) is 0 Å². The molecular formula is C18H23N5O2S. The fraction of sp³-hybridized carbons (Fsp3) is 0.444. The van der Waals surface area contributed by atoms with Gasteiger partial charge < -0.3 is 15.5 Å². The molecule has 0 saturated carbocycles. The molecule has 1 atom stereocenters. The summed E-state index contributed by atoms with van der Waals surface area (Å²) in [6.45, 7) is 4.09. The predicted octanol–water partition coefficient (Wildman–Crippen LogP) is 3.09. The first-order valence-electron chi connectivity index (χ1n) is 8.90. The lowest BCUT2D eigenvalue weighted by Crippen LogP contribution is -2.45. The summed E-state index contributed by atoms with van der Waals surface area (Å²) >= 11 is 1.31. The minimum Gasteiger partial charge on any atom is -0.338 e. The van der Waals surface area contributed by atoms with Gasteiger partial charge in [0.1, 0.15) is 5.01 Å². The van der Waals surface area contributed by atoms with Crippen molar-refractivity contribution in [3.63, 3.8) is 0 Å². The van der Waals surface area contributed by atoms with E-state index in [9.17, 15) is 9.59 Å². The van der Waals surface area contributed by atoms with Crippen molar-refractivity contribution >= 4 is 29.0 Å². The van der Waals surface area contributed by atoms with E-state index in [0.717, 1.165) is 36.5 Å². The van der Waals surface area contributed by atoms with E-state index < -0.39 is 0 Å². The Balaban J connectivity index is 1.61. The highest BCUT2D eigenvalue weighted by atomic mass is 32.1. The van der Waals surface area contributed by atoms with Gasteiger partial charge in [0, 0.05) is 31.2 Å². The molecule has 1 aromatic heterocycles. The van der Waals surface area contributed by atoms with Gasteiger partial charge in [-0.15, -0.1) is 10.2 Å². The number of rotatable bonds is 5. The van der Waals surface area contributed by atoms with Gasteiger partial charge in [-0.3, -0.25) is 4.79 Å². The van der Waals surface area contributed by atoms with Crippen molar-refractivity contribution in [1.82, 2.24) is 20.4 Å². The monoisotopic (exact) mass is 373 g/mol. The van der Waals surface area contributed by atoms with Crippen molar-refractivity contribution < 1.29 is 9.59 Å². The number of para-hydroxylation sites is 1. The molecule has 8 heteroatoms. The van der Waals surface area contributed by atoms with Crippen LogP contribution in [0.4, 0.5) is 10.5 Å². The highest BCUT2D eigenvalue weighted by molar-refractivity contribution is 7.13. The van der Waals surface area contributed by atoms with Crippen LogP contribution in [0.5, 0.6) is 0 Å². The van der Waals surface area contributed by atoms with E-state index >= 15 is 0 Å². The molecule has 2 N–H and O–H groups in total. The van der Waals surface area contributed by atoms with Gasteiger partial charge in [-0.25, -0.2) is 4.79 Å². The van der Waals surface area contributed by atoms with Crippen LogP contribution in [0.1, 0.15) is 46.9 Å². The highest BCUT2D eigenvalue weighted by Gasteiger charge is 2.27. The molecule has 0 unspecified atom stereocenters. The van der Waals surface area contributed by atoms with Crippen LogP contribution in [0, 0.1) is 0 Å². The molecule has 3 rings (SSSR count). The van der Waals surface area contributed by atoms with Crippen LogP contribution < -0.4 is 10.6 Å². The Labute approximate surface area is 156 Å². The average Bonchev–Trinajstić information content (AvgIpc) is 3.17. The van der Waals surface area contributed by atoms with E-state index in [1.54, 1.807) is 0 Å². The predicted molar refractivity (Wildman–Crippen MR) is 102 cm³/mol. The maximum atomic E-state index is 12.3. The Bertz CT molecular complexity index is 749. The minimum atomic E-state index is -0.256. The van der Waals surface area contributed by atoms with Crippen LogP contribution in [0.2, 0.25) is 0 Å². The SMILES string of the molecule is CCCNC(=O)N1CCC[C@@H](c2nnc(C(=O)Nc3ccccc3)s2)C1. The Kier molecular flexibility index (Phi) is 6.17. The quantitative estimate of drug-likeness (QED) is 0.843. The second kappa shape index (κ2) is 8.75. The zero-order valence-corrected chi connectivity index (χ0v) is 15.6. The van der Waals surface area contributed by atoms with Crippen LogP contribution >= 0.6 is 11.3 Å². The molecule has 1 fully saturated rings. The Morgan fingerprint density at radius 3 is 2.85 bits per heavy atom. The number of piperidine rings is 1. The molecule has 0 aliphatic carbocycles. The summed E-state index contributed by atoms with van der Waals surface area (Å²) < 4.78 is 0. The van der Waals surface area contributed by atoms with Crippen molar-refractivity contribution in [2.45, 2.75) is 32.1 Å². The molecule has 26 heavy (non-hydrogen) atoms. The second-order valence-corrected chi connectivity index (χ2v) is 7.29. The first-order chi connectivity index (χ1) is 12.7. The van der Waals surface area contributed by atoms with Crippen molar-refractivity contribution in [1.29, 1.82) is 0 Å². The number of carbonyl (C=O) groups excluding carboxylic acids is 2. The zero-order chi connectivity index (χ0) is 18.4. The zero-order valence-electron chi connectivity index (χ0n) is 14.8. The number of hydrogen-bond acceptors (Lipinski definition) is 5. The van der Waals surface area contributed by atoms with Crippen molar-refractivity contribution in [2.24, 2.45) is 0 Å². The van der Waals surface area contributed by atoms with E-state index in [0.29, 0.717) is 18.1 Å². The molecule has 0 radical (unpaired) electrons. The molecule has 3 amide bonds. The number of aromatic nitrogens is 2. The number of amides is 3. The lowest BCUT2D eigenvalue weighted by atomic mass is 9.99. The topological polar surface area (TPSA) is 87.2 Å². The number of hydrogen-bond donors (Lipinski definition) is 2. The van der Waals surface area contributed by atoms with Gasteiger partial charge in [0.25, 0.3) is 5.91 Å². The average molecular weight is 373 g/mol. The van der Waals surface area contributed by atoms with Gasteiger partial charge in [0.05, 0.1) is 0 Å². The third-order valence-electron chi connectivity index (χ3n) is 4.25. The highest BCUT2D eigenvalue weighted by Crippen LogP contribution is 2.29. The van der Waals surface area contributed by atoms with Gasteiger partial charge in [0.15, 0.2) is 0 Å². The van der Waals surface area contributed by atoms with Crippen LogP contribution in [-0.4, -0.2) is 46.7 Å². The number of anilines is 1. The number of urea groups is 1. The van der Waals surface area contributed by atoms with Gasteiger partial charge in [-0.1, -0.05) is 36.5 Å². The fourth-order valence-corrected chi connectivity index (χ4v) is 3.77. The molecular weight excluding hydrogens is 350 g/mol. The number of carbonyl (C=O) groups is 2. The maximum Gasteiger partial charge on any atom is 0.317 e. The van der Waals surface area contributed by atoms with Gasteiger partial charge in [-0.05, 0) is 31.4 Å². The lowest BCUT2D eigenvalue weighted by Gasteiger charge is -2.31. The summed E-state index contributed by atoms with van der Waals surface area (Å²) in [5, 5.41) is 15.1. The third kappa shape index (κ3) is 4.57. The van der Waals surface area contributed by atoms with Gasteiger partial charge in [0.2, 0.25) is 5.01 Å². The normalized spacial score (nSPS) is 17.0. The summed E-state index contributed by atoms with van der Waals surface area (Å²) in [5.74, 6) is -0.125. The standard InChI is InChI=1S/C18H23N5O2S/c1-2-10-19-18(25)23-11-6-7-13(12-23)16-21-22-17(26-16)15(24)20-14-8-4-3-5-9-14/h3-5,8-9,13H,2,6-7,10-12H2,1H3,(H,19,25)(H,20,24)/t13-/m1/s1. The first-order valence-corrected chi connectivity index (χ1v) is 9.71. The molecule has 1 aliphatic rings. The smallest absolute Gasteiger partial charge is 0.317 e. The first kappa shape index (κ1) is 18.3. The number of nitrogens with one attached hydrogen (secondary N) is 2. The minimum absolute atomic E-state index is 0.0249. The van der Waals surface area contributed by atoms with Crippen LogP contribution in [0.25, 0.3) is 0 Å². The maximum absolute atomic E-state index is 12.3. The van der Waals surface area contributed by atoms with E-state index in [4.69, 9.17) is 0 Å². The summed E-state index contributed by atoms with van der Waals surface area (Å²) in [7, 11) is 0. The molecule has 138 valence electrons. The number of likely N-dealkylation sites (tertiary alicyclic amines) is 1. The van der Waals surface area contributed by atoms with E-state index in [-0.39, 0.29) is 17.9 Å². The summed E-state index contributed by atoms with van der Waals surface area (Å²) in [6.07, 6.45) is 2.79. The lowest BCUT2D eigenvalue weighted by molar-refractivity contribution is 0.102. The number of benzene rings is 1. The summed E-state index contributed by atoms with van der Waals surface area (Å²) in [5.41, 5.74) is 0.727. The Morgan fingerprint density at radius 1 is 1.27 bits per heavy atom. The summed E-state index contributed by atoms with van der Waals surface area (Å²) in [6, 6.07) is 9.25. The third-order valence-corrected chi connectivity index (χ3v) is 5.34. The van der Waals surface area contributed by atoms with Crippen molar-refractivity contribution in [3.05, 3.63) is 40.3 Å².